The van der Waals surface area contributed by atoms with Crippen LogP contribution < -0.4 is 15.4 Å². The summed E-state index contributed by atoms with van der Waals surface area (Å²) < 4.78 is 5.93. The molecule has 1 atom stereocenters. The molecule has 1 aliphatic rings. The first kappa shape index (κ1) is 25.7. The normalized spacial score (nSPS) is 14.7. The number of nitrogens with one attached hydrogen (secondary N) is 2. The van der Waals surface area contributed by atoms with Crippen LogP contribution in [0.15, 0.2) is 79.0 Å². The number of urea groups is 1. The number of ether oxygens (including phenoxy) is 1. The molecule has 6 nitrogen and oxygen atoms in total. The second-order valence-electron chi connectivity index (χ2n) is 9.38. The Balaban J connectivity index is 1.13. The first-order chi connectivity index (χ1) is 17.8. The Morgan fingerprint density at radius 3 is 2.53 bits per heavy atom. The molecular weight excluding hydrogens is 448 g/mol. The maximum atomic E-state index is 12.3. The van der Waals surface area contributed by atoms with Gasteiger partial charge in [-0.3, -0.25) is 9.88 Å². The van der Waals surface area contributed by atoms with Crippen molar-refractivity contribution >= 4 is 6.03 Å². The van der Waals surface area contributed by atoms with Crippen molar-refractivity contribution in [3.63, 3.8) is 0 Å². The first-order valence-electron chi connectivity index (χ1n) is 13.2. The topological polar surface area (TPSA) is 66.5 Å². The third kappa shape index (κ3) is 8.38. The standard InChI is InChI=1S/C30H38N4O2/c35-30(33-19-16-28(26-12-3-1-4-13-26)29-15-5-6-17-31-29)32-18-10-22-36-27-14-9-11-25(23-27)24-34-20-7-2-8-21-34/h1,3-6,9,11-15,17,23,28H,2,7-8,10,16,18-22,24H2,(H2,32,33,35). The predicted octanol–water partition coefficient (Wildman–Crippen LogP) is 5.36. The largest absolute Gasteiger partial charge is 0.494 e. The van der Waals surface area contributed by atoms with E-state index in [9.17, 15) is 4.79 Å². The molecule has 4 rings (SSSR count). The van der Waals surface area contributed by atoms with Gasteiger partial charge in [-0.05, 0) is 74.2 Å². The minimum atomic E-state index is -0.147. The molecular formula is C30H38N4O2. The highest BCUT2D eigenvalue weighted by Gasteiger charge is 2.15. The molecule has 1 unspecified atom stereocenters. The summed E-state index contributed by atoms with van der Waals surface area (Å²) in [5, 5.41) is 5.92. The number of amides is 2. The number of aromatic nitrogens is 1. The van der Waals surface area contributed by atoms with Crippen LogP contribution in [0.2, 0.25) is 0 Å². The summed E-state index contributed by atoms with van der Waals surface area (Å²) in [6.45, 7) is 5.08. The summed E-state index contributed by atoms with van der Waals surface area (Å²) in [5.41, 5.74) is 3.52. The zero-order valence-corrected chi connectivity index (χ0v) is 21.1. The third-order valence-corrected chi connectivity index (χ3v) is 6.59. The Hall–Kier alpha value is -3.38. The van der Waals surface area contributed by atoms with Gasteiger partial charge in [0.25, 0.3) is 0 Å². The lowest BCUT2D eigenvalue weighted by Gasteiger charge is -2.26. The van der Waals surface area contributed by atoms with Crippen molar-refractivity contribution in [2.24, 2.45) is 0 Å². The van der Waals surface area contributed by atoms with Gasteiger partial charge in [0.1, 0.15) is 5.75 Å². The minimum absolute atomic E-state index is 0.145. The Kier molecular flexibility index (Phi) is 10.2. The van der Waals surface area contributed by atoms with Crippen LogP contribution >= 0.6 is 0 Å². The van der Waals surface area contributed by atoms with Gasteiger partial charge < -0.3 is 15.4 Å². The van der Waals surface area contributed by atoms with Gasteiger partial charge in [-0.2, -0.15) is 0 Å². The molecule has 1 saturated heterocycles. The highest BCUT2D eigenvalue weighted by molar-refractivity contribution is 5.73. The van der Waals surface area contributed by atoms with Crippen molar-refractivity contribution in [3.05, 3.63) is 95.8 Å². The minimum Gasteiger partial charge on any atom is -0.494 e. The molecule has 2 N–H and O–H groups in total. The van der Waals surface area contributed by atoms with Crippen LogP contribution in [0.3, 0.4) is 0 Å². The Morgan fingerprint density at radius 2 is 1.72 bits per heavy atom. The Labute approximate surface area is 215 Å². The van der Waals surface area contributed by atoms with E-state index in [1.165, 1.54) is 43.5 Å². The van der Waals surface area contributed by atoms with Crippen molar-refractivity contribution in [3.8, 4) is 5.75 Å². The van der Waals surface area contributed by atoms with Crippen molar-refractivity contribution in [1.82, 2.24) is 20.5 Å². The summed E-state index contributed by atoms with van der Waals surface area (Å²) in [4.78, 5) is 19.3. The number of benzene rings is 2. The summed E-state index contributed by atoms with van der Waals surface area (Å²) >= 11 is 0. The molecule has 6 heteroatoms. The maximum absolute atomic E-state index is 12.3. The van der Waals surface area contributed by atoms with E-state index >= 15 is 0 Å². The lowest BCUT2D eigenvalue weighted by Crippen LogP contribution is -2.37. The Morgan fingerprint density at radius 1 is 0.917 bits per heavy atom. The fourth-order valence-electron chi connectivity index (χ4n) is 4.72. The van der Waals surface area contributed by atoms with Gasteiger partial charge in [-0.25, -0.2) is 4.79 Å². The predicted molar refractivity (Wildman–Crippen MR) is 144 cm³/mol. The first-order valence-corrected chi connectivity index (χ1v) is 13.2. The average molecular weight is 487 g/mol. The molecule has 0 spiro atoms. The third-order valence-electron chi connectivity index (χ3n) is 6.59. The van der Waals surface area contributed by atoms with Crippen molar-refractivity contribution in [1.29, 1.82) is 0 Å². The van der Waals surface area contributed by atoms with Crippen LogP contribution in [0, 0.1) is 0 Å². The van der Waals surface area contributed by atoms with Gasteiger partial charge >= 0.3 is 6.03 Å². The molecule has 2 amide bonds. The van der Waals surface area contributed by atoms with Gasteiger partial charge in [0.2, 0.25) is 0 Å². The van der Waals surface area contributed by atoms with E-state index in [4.69, 9.17) is 4.74 Å². The molecule has 1 aromatic heterocycles. The number of hydrogen-bond acceptors (Lipinski definition) is 4. The second kappa shape index (κ2) is 14.2. The van der Waals surface area contributed by atoms with E-state index in [0.717, 1.165) is 30.8 Å². The molecule has 190 valence electrons. The van der Waals surface area contributed by atoms with Crippen LogP contribution in [0.4, 0.5) is 4.79 Å². The molecule has 2 aromatic carbocycles. The molecule has 0 aliphatic carbocycles. The number of carbonyl (C=O) groups is 1. The SMILES string of the molecule is O=C(NCCCOc1cccc(CN2CCCCC2)c1)NCCC(c1ccccc1)c1ccccn1. The fourth-order valence-corrected chi connectivity index (χ4v) is 4.72. The van der Waals surface area contributed by atoms with E-state index in [2.05, 4.69) is 50.8 Å². The number of pyridine rings is 1. The molecule has 0 saturated carbocycles. The highest BCUT2D eigenvalue weighted by Crippen LogP contribution is 2.25. The van der Waals surface area contributed by atoms with Crippen molar-refractivity contribution in [2.45, 2.75) is 44.6 Å². The zero-order chi connectivity index (χ0) is 24.8. The zero-order valence-electron chi connectivity index (χ0n) is 21.1. The van der Waals surface area contributed by atoms with Crippen LogP contribution in [0.1, 0.15) is 54.8 Å². The lowest BCUT2D eigenvalue weighted by atomic mass is 9.92. The fraction of sp³-hybridized carbons (Fsp3) is 0.400. The molecule has 1 aliphatic heterocycles. The van der Waals surface area contributed by atoms with Gasteiger partial charge in [0.15, 0.2) is 0 Å². The average Bonchev–Trinajstić information content (AvgIpc) is 2.93. The lowest BCUT2D eigenvalue weighted by molar-refractivity contribution is 0.220. The maximum Gasteiger partial charge on any atom is 0.314 e. The van der Waals surface area contributed by atoms with Gasteiger partial charge in [0, 0.05) is 37.4 Å². The van der Waals surface area contributed by atoms with Crippen LogP contribution in [0.5, 0.6) is 5.75 Å². The number of rotatable bonds is 12. The van der Waals surface area contributed by atoms with E-state index in [1.807, 2.05) is 48.7 Å². The molecule has 0 bridgehead atoms. The van der Waals surface area contributed by atoms with Crippen molar-refractivity contribution in [2.75, 3.05) is 32.8 Å². The number of carbonyl (C=O) groups excluding carboxylic acids is 1. The van der Waals surface area contributed by atoms with Crippen LogP contribution in [0.25, 0.3) is 0 Å². The highest BCUT2D eigenvalue weighted by atomic mass is 16.5. The molecule has 1 fully saturated rings. The summed E-state index contributed by atoms with van der Waals surface area (Å²) in [5.74, 6) is 1.04. The number of nitrogens with zero attached hydrogens (tertiary/aromatic N) is 2. The summed E-state index contributed by atoms with van der Waals surface area (Å²) in [7, 11) is 0. The number of piperidine rings is 1. The number of likely N-dealkylation sites (tertiary alicyclic amines) is 1. The monoisotopic (exact) mass is 486 g/mol. The Bertz CT molecular complexity index is 1000. The van der Waals surface area contributed by atoms with Crippen LogP contribution in [-0.2, 0) is 6.54 Å². The number of hydrogen-bond donors (Lipinski definition) is 2. The molecule has 3 aromatic rings. The van der Waals surface area contributed by atoms with Gasteiger partial charge in [-0.1, -0.05) is 55.0 Å². The summed E-state index contributed by atoms with van der Waals surface area (Å²) in [6, 6.07) is 24.5. The quantitative estimate of drug-likeness (QED) is 0.338. The molecule has 2 heterocycles. The summed E-state index contributed by atoms with van der Waals surface area (Å²) in [6.07, 6.45) is 7.31. The van der Waals surface area contributed by atoms with E-state index < -0.39 is 0 Å². The molecule has 0 radical (unpaired) electrons. The van der Waals surface area contributed by atoms with Gasteiger partial charge in [-0.15, -0.1) is 0 Å². The second-order valence-corrected chi connectivity index (χ2v) is 9.38. The van der Waals surface area contributed by atoms with E-state index in [0.29, 0.717) is 19.7 Å². The smallest absolute Gasteiger partial charge is 0.314 e. The molecule has 36 heavy (non-hydrogen) atoms. The van der Waals surface area contributed by atoms with Crippen LogP contribution in [-0.4, -0.2) is 48.7 Å². The van der Waals surface area contributed by atoms with E-state index in [1.54, 1.807) is 0 Å². The van der Waals surface area contributed by atoms with Gasteiger partial charge in [0.05, 0.1) is 6.61 Å². The van der Waals surface area contributed by atoms with Crippen molar-refractivity contribution < 1.29 is 9.53 Å². The van der Waals surface area contributed by atoms with E-state index in [-0.39, 0.29) is 11.9 Å².